The van der Waals surface area contributed by atoms with E-state index >= 15 is 0 Å². The van der Waals surface area contributed by atoms with Crippen molar-refractivity contribution < 1.29 is 8.83 Å². The molecule has 4 nitrogen and oxygen atoms in total. The second kappa shape index (κ2) is 9.18. The molecule has 0 N–H and O–H groups in total. The normalized spacial score (nSPS) is 12.0. The highest BCUT2D eigenvalue weighted by Crippen LogP contribution is 2.44. The molecule has 0 saturated heterocycles. The molecule has 0 aliphatic rings. The van der Waals surface area contributed by atoms with Crippen molar-refractivity contribution in [2.45, 2.75) is 0 Å². The summed E-state index contributed by atoms with van der Waals surface area (Å²) in [4.78, 5) is 5.11. The Hall–Kier alpha value is -6.13. The van der Waals surface area contributed by atoms with Crippen molar-refractivity contribution in [2.24, 2.45) is 0 Å². The van der Waals surface area contributed by atoms with Crippen LogP contribution in [0.1, 0.15) is 0 Å². The molecule has 0 saturated carbocycles. The number of fused-ring (bicyclic) bond motifs is 8. The molecule has 0 amide bonds. The van der Waals surface area contributed by atoms with Gasteiger partial charge in [-0.1, -0.05) is 97.1 Å². The third-order valence-electron chi connectivity index (χ3n) is 8.99. The Morgan fingerprint density at radius 3 is 1.80 bits per heavy atom. The molecular formula is C41H24N2O2. The quantitative estimate of drug-likeness (QED) is 0.210. The molecule has 0 radical (unpaired) electrons. The molecule has 0 aliphatic heterocycles. The number of nitrogens with zero attached hydrogens (tertiary/aromatic N) is 2. The van der Waals surface area contributed by atoms with Gasteiger partial charge in [0.25, 0.3) is 0 Å². The second-order valence-corrected chi connectivity index (χ2v) is 11.6. The first-order chi connectivity index (χ1) is 22.3. The Kier molecular flexibility index (Phi) is 4.96. The Morgan fingerprint density at radius 1 is 0.467 bits per heavy atom. The van der Waals surface area contributed by atoms with E-state index in [4.69, 9.17) is 13.8 Å². The van der Waals surface area contributed by atoms with E-state index in [-0.39, 0.29) is 0 Å². The molecular weight excluding hydrogens is 552 g/mol. The van der Waals surface area contributed by atoms with Crippen LogP contribution >= 0.6 is 0 Å². The molecule has 45 heavy (non-hydrogen) atoms. The van der Waals surface area contributed by atoms with Gasteiger partial charge in [-0.3, -0.25) is 4.57 Å². The highest BCUT2D eigenvalue weighted by atomic mass is 16.3. The monoisotopic (exact) mass is 576 g/mol. The molecule has 3 aromatic heterocycles. The van der Waals surface area contributed by atoms with Crippen molar-refractivity contribution in [1.82, 2.24) is 9.55 Å². The van der Waals surface area contributed by atoms with Crippen molar-refractivity contribution in [3.05, 3.63) is 146 Å². The summed E-state index contributed by atoms with van der Waals surface area (Å²) in [6, 6.07) is 50.7. The van der Waals surface area contributed by atoms with Crippen molar-refractivity contribution in [1.29, 1.82) is 0 Å². The Morgan fingerprint density at radius 2 is 1.07 bits per heavy atom. The molecule has 0 spiro atoms. The average Bonchev–Trinajstić information content (AvgIpc) is 3.78. The maximum Gasteiger partial charge on any atom is 0.147 e. The standard InChI is InChI=1S/C41H24N2O2/c1-2-10-27-23-28(18-17-25(27)9-1)41-42-34-13-5-6-14-35(34)43(41)29-21-19-26(20-22-29)38-39-32(30-11-3-7-15-36(30)44-39)24-33-31-12-4-8-16-37(31)45-40(33)38/h1-24H. The van der Waals surface area contributed by atoms with Crippen LogP contribution in [0, 0.1) is 0 Å². The fourth-order valence-corrected chi connectivity index (χ4v) is 6.89. The van der Waals surface area contributed by atoms with Crippen LogP contribution in [0.2, 0.25) is 0 Å². The first-order valence-corrected chi connectivity index (χ1v) is 15.1. The van der Waals surface area contributed by atoms with Crippen LogP contribution < -0.4 is 0 Å². The topological polar surface area (TPSA) is 44.1 Å². The molecule has 10 rings (SSSR count). The third kappa shape index (κ3) is 3.57. The summed E-state index contributed by atoms with van der Waals surface area (Å²) in [5, 5.41) is 6.78. The molecule has 0 bridgehead atoms. The van der Waals surface area contributed by atoms with E-state index < -0.39 is 0 Å². The van der Waals surface area contributed by atoms with Gasteiger partial charge in [0.2, 0.25) is 0 Å². The van der Waals surface area contributed by atoms with E-state index in [1.165, 1.54) is 10.8 Å². The Labute approximate surface area is 257 Å². The van der Waals surface area contributed by atoms with Crippen molar-refractivity contribution in [3.8, 4) is 28.2 Å². The Balaban J connectivity index is 1.20. The van der Waals surface area contributed by atoms with Crippen LogP contribution in [-0.2, 0) is 0 Å². The largest absolute Gasteiger partial charge is 0.455 e. The van der Waals surface area contributed by atoms with Gasteiger partial charge in [-0.2, -0.15) is 0 Å². The molecule has 0 fully saturated rings. The van der Waals surface area contributed by atoms with E-state index in [1.54, 1.807) is 0 Å². The fraction of sp³-hybridized carbons (Fsp3) is 0. The Bertz CT molecular complexity index is 2670. The predicted octanol–water partition coefficient (Wildman–Crippen LogP) is 11.3. The summed E-state index contributed by atoms with van der Waals surface area (Å²) in [7, 11) is 0. The van der Waals surface area contributed by atoms with E-state index in [0.29, 0.717) is 0 Å². The third-order valence-corrected chi connectivity index (χ3v) is 8.99. The number of hydrogen-bond acceptors (Lipinski definition) is 3. The highest BCUT2D eigenvalue weighted by molar-refractivity contribution is 6.22. The van der Waals surface area contributed by atoms with Crippen LogP contribution in [-0.4, -0.2) is 9.55 Å². The van der Waals surface area contributed by atoms with Gasteiger partial charge in [0.1, 0.15) is 28.2 Å². The van der Waals surface area contributed by atoms with Gasteiger partial charge in [-0.25, -0.2) is 4.98 Å². The summed E-state index contributed by atoms with van der Waals surface area (Å²) < 4.78 is 15.3. The second-order valence-electron chi connectivity index (χ2n) is 11.6. The molecule has 0 atom stereocenters. The fourth-order valence-electron chi connectivity index (χ4n) is 6.89. The van der Waals surface area contributed by atoms with E-state index in [2.05, 4.69) is 120 Å². The van der Waals surface area contributed by atoms with Gasteiger partial charge >= 0.3 is 0 Å². The lowest BCUT2D eigenvalue weighted by atomic mass is 9.98. The lowest BCUT2D eigenvalue weighted by molar-refractivity contribution is 0.658. The van der Waals surface area contributed by atoms with Crippen LogP contribution in [0.3, 0.4) is 0 Å². The van der Waals surface area contributed by atoms with Gasteiger partial charge in [0.05, 0.1) is 16.6 Å². The molecule has 10 aromatic rings. The number of imidazole rings is 1. The molecule has 3 heterocycles. The maximum atomic E-state index is 6.54. The van der Waals surface area contributed by atoms with E-state index in [9.17, 15) is 0 Å². The maximum absolute atomic E-state index is 6.54. The zero-order valence-electron chi connectivity index (χ0n) is 24.1. The van der Waals surface area contributed by atoms with E-state index in [0.717, 1.165) is 83.1 Å². The summed E-state index contributed by atoms with van der Waals surface area (Å²) in [6.07, 6.45) is 0. The van der Waals surface area contributed by atoms with Gasteiger partial charge in [0, 0.05) is 32.8 Å². The van der Waals surface area contributed by atoms with Crippen molar-refractivity contribution in [3.63, 3.8) is 0 Å². The van der Waals surface area contributed by atoms with Crippen LogP contribution in [0.5, 0.6) is 0 Å². The van der Waals surface area contributed by atoms with Crippen LogP contribution in [0.4, 0.5) is 0 Å². The predicted molar refractivity (Wildman–Crippen MR) is 184 cm³/mol. The van der Waals surface area contributed by atoms with Gasteiger partial charge in [-0.15, -0.1) is 0 Å². The zero-order chi connectivity index (χ0) is 29.5. The number of aromatic nitrogens is 2. The minimum atomic E-state index is 0.834. The number of rotatable bonds is 3. The van der Waals surface area contributed by atoms with Crippen LogP contribution in [0.25, 0.3) is 93.9 Å². The summed E-state index contributed by atoms with van der Waals surface area (Å²) >= 11 is 0. The number of para-hydroxylation sites is 4. The van der Waals surface area contributed by atoms with Crippen LogP contribution in [0.15, 0.2) is 154 Å². The number of hydrogen-bond donors (Lipinski definition) is 0. The van der Waals surface area contributed by atoms with Crippen molar-refractivity contribution >= 4 is 65.7 Å². The SMILES string of the molecule is c1ccc2cc(-c3nc4ccccc4n3-c3ccc(-c4c5oc6ccccc6c5cc5c4oc4ccccc45)cc3)ccc2c1. The van der Waals surface area contributed by atoms with Gasteiger partial charge < -0.3 is 8.83 Å². The smallest absolute Gasteiger partial charge is 0.147 e. The number of furan rings is 2. The summed E-state index contributed by atoms with van der Waals surface area (Å²) in [5.74, 6) is 0.911. The molecule has 4 heteroatoms. The highest BCUT2D eigenvalue weighted by Gasteiger charge is 2.21. The molecule has 0 unspecified atom stereocenters. The molecule has 0 aliphatic carbocycles. The van der Waals surface area contributed by atoms with Gasteiger partial charge in [-0.05, 0) is 64.9 Å². The van der Waals surface area contributed by atoms with Crippen molar-refractivity contribution in [2.75, 3.05) is 0 Å². The van der Waals surface area contributed by atoms with Gasteiger partial charge in [0.15, 0.2) is 0 Å². The molecule has 7 aromatic carbocycles. The minimum absolute atomic E-state index is 0.834. The first kappa shape index (κ1) is 24.3. The zero-order valence-corrected chi connectivity index (χ0v) is 24.1. The minimum Gasteiger partial charge on any atom is -0.455 e. The number of benzene rings is 7. The average molecular weight is 577 g/mol. The lowest BCUT2D eigenvalue weighted by Crippen LogP contribution is -1.97. The first-order valence-electron chi connectivity index (χ1n) is 15.1. The summed E-state index contributed by atoms with van der Waals surface area (Å²) in [5.41, 5.74) is 9.53. The summed E-state index contributed by atoms with van der Waals surface area (Å²) in [6.45, 7) is 0. The molecule has 210 valence electrons. The lowest BCUT2D eigenvalue weighted by Gasteiger charge is -2.12. The van der Waals surface area contributed by atoms with E-state index in [1.807, 2.05) is 30.3 Å².